The molecule has 41 heavy (non-hydrogen) atoms. The van der Waals surface area contributed by atoms with Crippen LogP contribution in [0.3, 0.4) is 0 Å². The van der Waals surface area contributed by atoms with E-state index in [2.05, 4.69) is 18.1 Å². The maximum Gasteiger partial charge on any atom is 0.340 e. The molecule has 0 spiro atoms. The molecule has 0 fully saturated rings. The van der Waals surface area contributed by atoms with E-state index < -0.39 is 16.0 Å². The van der Waals surface area contributed by atoms with Crippen LogP contribution in [0.25, 0.3) is 6.08 Å². The van der Waals surface area contributed by atoms with Crippen molar-refractivity contribution in [3.8, 4) is 5.75 Å². The number of hydrogen-bond acceptors (Lipinski definition) is 7. The number of ether oxygens (including phenoxy) is 2. The quantitative estimate of drug-likeness (QED) is 0.164. The summed E-state index contributed by atoms with van der Waals surface area (Å²) in [5.41, 5.74) is 1.78. The lowest BCUT2D eigenvalue weighted by Gasteiger charge is -2.28. The number of hydrogen-bond donors (Lipinski definition) is 0. The average Bonchev–Trinajstić information content (AvgIpc) is 2.98. The van der Waals surface area contributed by atoms with Crippen LogP contribution in [0.4, 0.5) is 5.69 Å². The highest BCUT2D eigenvalue weighted by Crippen LogP contribution is 2.34. The number of carbonyl (C=O) groups is 2. The Morgan fingerprint density at radius 1 is 1.02 bits per heavy atom. The molecule has 9 nitrogen and oxygen atoms in total. The molecule has 10 heteroatoms. The standard InChI is InChI=1S/C31H33N3O6S/c1-6-17-33(18-7-2)29(35)15-10-24-19-23(3)30(28(20-24)31(36)40-5)34(22-25-9-8-16-32-21-25)41(37,38)27-13-11-26(39-4)12-14-27/h6-16,19-21H,1-2,17-18,22H2,3-5H3. The summed E-state index contributed by atoms with van der Waals surface area (Å²) in [7, 11) is -1.47. The zero-order valence-corrected chi connectivity index (χ0v) is 24.1. The molecule has 1 aromatic heterocycles. The molecule has 3 aromatic rings. The molecule has 0 radical (unpaired) electrons. The van der Waals surface area contributed by atoms with Crippen molar-refractivity contribution >= 4 is 33.7 Å². The third-order valence-electron chi connectivity index (χ3n) is 6.10. The van der Waals surface area contributed by atoms with Gasteiger partial charge in [0.05, 0.1) is 36.9 Å². The summed E-state index contributed by atoms with van der Waals surface area (Å²) in [6.07, 6.45) is 9.32. The van der Waals surface area contributed by atoms with Crippen LogP contribution in [-0.2, 0) is 26.1 Å². The van der Waals surface area contributed by atoms with E-state index in [1.807, 2.05) is 0 Å². The Kier molecular flexibility index (Phi) is 10.6. The van der Waals surface area contributed by atoms with Gasteiger partial charge in [-0.05, 0) is 72.2 Å². The third kappa shape index (κ3) is 7.49. The van der Waals surface area contributed by atoms with Gasteiger partial charge in [0, 0.05) is 31.6 Å². The summed E-state index contributed by atoms with van der Waals surface area (Å²) in [6.45, 7) is 9.63. The second-order valence-electron chi connectivity index (χ2n) is 8.93. The number of aromatic nitrogens is 1. The summed E-state index contributed by atoms with van der Waals surface area (Å²) < 4.78 is 39.6. The topological polar surface area (TPSA) is 106 Å². The number of benzene rings is 2. The van der Waals surface area contributed by atoms with Crippen molar-refractivity contribution in [2.75, 3.05) is 31.6 Å². The van der Waals surface area contributed by atoms with Crippen molar-refractivity contribution in [1.82, 2.24) is 9.88 Å². The molecule has 0 aliphatic carbocycles. The molecule has 0 N–H and O–H groups in total. The van der Waals surface area contributed by atoms with Crippen molar-refractivity contribution in [2.24, 2.45) is 0 Å². The first-order chi connectivity index (χ1) is 19.7. The highest BCUT2D eigenvalue weighted by molar-refractivity contribution is 7.92. The minimum Gasteiger partial charge on any atom is -0.497 e. The highest BCUT2D eigenvalue weighted by Gasteiger charge is 2.31. The van der Waals surface area contributed by atoms with Gasteiger partial charge in [0.25, 0.3) is 10.0 Å². The number of methoxy groups -OCH3 is 2. The Morgan fingerprint density at radius 2 is 1.71 bits per heavy atom. The Labute approximate surface area is 241 Å². The van der Waals surface area contributed by atoms with Crippen molar-refractivity contribution in [3.63, 3.8) is 0 Å². The second-order valence-corrected chi connectivity index (χ2v) is 10.8. The first kappa shape index (κ1) is 30.8. The van der Waals surface area contributed by atoms with Crippen LogP contribution in [0, 0.1) is 6.92 Å². The number of esters is 1. The fourth-order valence-corrected chi connectivity index (χ4v) is 5.69. The van der Waals surface area contributed by atoms with Crippen LogP contribution < -0.4 is 9.04 Å². The van der Waals surface area contributed by atoms with Crippen LogP contribution in [0.2, 0.25) is 0 Å². The van der Waals surface area contributed by atoms with Gasteiger partial charge in [-0.15, -0.1) is 13.2 Å². The number of rotatable bonds is 13. The van der Waals surface area contributed by atoms with Crippen LogP contribution in [0.5, 0.6) is 5.75 Å². The van der Waals surface area contributed by atoms with E-state index in [1.54, 1.807) is 67.9 Å². The predicted molar refractivity (Wildman–Crippen MR) is 159 cm³/mol. The zero-order valence-electron chi connectivity index (χ0n) is 23.3. The normalized spacial score (nSPS) is 11.1. The van der Waals surface area contributed by atoms with Crippen LogP contribution in [0.15, 0.2) is 97.2 Å². The molecular formula is C31H33N3O6S. The van der Waals surface area contributed by atoms with E-state index in [0.717, 1.165) is 0 Å². The molecule has 3 rings (SSSR count). The van der Waals surface area contributed by atoms with Crippen molar-refractivity contribution in [3.05, 3.63) is 115 Å². The van der Waals surface area contributed by atoms with Gasteiger partial charge in [-0.3, -0.25) is 14.1 Å². The van der Waals surface area contributed by atoms with Gasteiger partial charge in [0.15, 0.2) is 0 Å². The van der Waals surface area contributed by atoms with Crippen LogP contribution in [-0.4, -0.2) is 57.5 Å². The van der Waals surface area contributed by atoms with Gasteiger partial charge in [-0.1, -0.05) is 18.2 Å². The Bertz CT molecular complexity index is 1520. The lowest BCUT2D eigenvalue weighted by atomic mass is 10.0. The summed E-state index contributed by atoms with van der Waals surface area (Å²) in [5.74, 6) is -0.503. The molecule has 0 bridgehead atoms. The van der Waals surface area contributed by atoms with Crippen LogP contribution >= 0.6 is 0 Å². The Hall–Kier alpha value is -4.70. The number of sulfonamides is 1. The number of pyridine rings is 1. The van der Waals surface area contributed by atoms with Gasteiger partial charge in [-0.2, -0.15) is 0 Å². The van der Waals surface area contributed by atoms with Gasteiger partial charge in [0.1, 0.15) is 5.75 Å². The van der Waals surface area contributed by atoms with E-state index in [9.17, 15) is 18.0 Å². The SMILES string of the molecule is C=CCN(CC=C)C(=O)C=Cc1cc(C)c(N(Cc2cccnc2)S(=O)(=O)c2ccc(OC)cc2)c(C(=O)OC)c1. The molecular weight excluding hydrogens is 542 g/mol. The fourth-order valence-electron chi connectivity index (χ4n) is 4.16. The van der Waals surface area contributed by atoms with Gasteiger partial charge >= 0.3 is 5.97 Å². The average molecular weight is 576 g/mol. The molecule has 0 unspecified atom stereocenters. The lowest BCUT2D eigenvalue weighted by molar-refractivity contribution is -0.125. The summed E-state index contributed by atoms with van der Waals surface area (Å²) >= 11 is 0. The largest absolute Gasteiger partial charge is 0.497 e. The van der Waals surface area contributed by atoms with Gasteiger partial charge in [0.2, 0.25) is 5.91 Å². The molecule has 2 aromatic carbocycles. The Morgan fingerprint density at radius 3 is 2.27 bits per heavy atom. The summed E-state index contributed by atoms with van der Waals surface area (Å²) in [4.78, 5) is 31.4. The number of aryl methyl sites for hydroxylation is 1. The number of nitrogens with zero attached hydrogens (tertiary/aromatic N) is 3. The smallest absolute Gasteiger partial charge is 0.340 e. The third-order valence-corrected chi connectivity index (χ3v) is 7.86. The van der Waals surface area contributed by atoms with Crippen molar-refractivity contribution in [2.45, 2.75) is 18.4 Å². The summed E-state index contributed by atoms with van der Waals surface area (Å²) in [6, 6.07) is 12.6. The molecule has 0 saturated heterocycles. The zero-order chi connectivity index (χ0) is 30.0. The van der Waals surface area contributed by atoms with Crippen molar-refractivity contribution < 1.29 is 27.5 Å². The number of amides is 1. The van der Waals surface area contributed by atoms with Gasteiger partial charge in [-0.25, -0.2) is 13.2 Å². The fraction of sp³-hybridized carbons (Fsp3) is 0.194. The molecule has 1 heterocycles. The minimum atomic E-state index is -4.18. The summed E-state index contributed by atoms with van der Waals surface area (Å²) in [5, 5.41) is 0. The monoisotopic (exact) mass is 575 g/mol. The second kappa shape index (κ2) is 14.1. The van der Waals surface area contributed by atoms with E-state index in [1.165, 1.54) is 47.7 Å². The number of carbonyl (C=O) groups excluding carboxylic acids is 2. The van der Waals surface area contributed by atoms with Crippen molar-refractivity contribution in [1.29, 1.82) is 0 Å². The predicted octanol–water partition coefficient (Wildman–Crippen LogP) is 4.79. The first-order valence-electron chi connectivity index (χ1n) is 12.6. The van der Waals surface area contributed by atoms with E-state index in [4.69, 9.17) is 9.47 Å². The maximum atomic E-state index is 14.1. The molecule has 0 saturated carbocycles. The Balaban J connectivity index is 2.17. The molecule has 1 amide bonds. The first-order valence-corrected chi connectivity index (χ1v) is 14.1. The maximum absolute atomic E-state index is 14.1. The molecule has 0 atom stereocenters. The van der Waals surface area contributed by atoms with E-state index in [0.29, 0.717) is 35.5 Å². The molecule has 0 aliphatic heterocycles. The molecule has 214 valence electrons. The number of anilines is 1. The lowest BCUT2D eigenvalue weighted by Crippen LogP contribution is -2.33. The van der Waals surface area contributed by atoms with E-state index >= 15 is 0 Å². The van der Waals surface area contributed by atoms with E-state index in [-0.39, 0.29) is 28.6 Å². The molecule has 0 aliphatic rings. The minimum absolute atomic E-state index is 0.0107. The highest BCUT2D eigenvalue weighted by atomic mass is 32.2. The van der Waals surface area contributed by atoms with Gasteiger partial charge < -0.3 is 14.4 Å². The van der Waals surface area contributed by atoms with Crippen LogP contribution in [0.1, 0.15) is 27.0 Å².